The number of benzene rings is 2. The van der Waals surface area contributed by atoms with E-state index in [1.54, 1.807) is 54.9 Å². The summed E-state index contributed by atoms with van der Waals surface area (Å²) < 4.78 is 17.4. The molecule has 13 nitrogen and oxygen atoms in total. The first-order valence-corrected chi connectivity index (χ1v) is 13.1. The number of alkyl halides is 1. The Bertz CT molecular complexity index is 1810. The highest BCUT2D eigenvalue weighted by atomic mass is 35.5. The van der Waals surface area contributed by atoms with Gasteiger partial charge in [0.2, 0.25) is 11.8 Å². The van der Waals surface area contributed by atoms with Crippen molar-refractivity contribution in [2.75, 3.05) is 11.9 Å². The summed E-state index contributed by atoms with van der Waals surface area (Å²) in [5.41, 5.74) is 8.23. The molecule has 0 spiro atoms. The highest BCUT2D eigenvalue weighted by Crippen LogP contribution is 2.30. The van der Waals surface area contributed by atoms with Gasteiger partial charge in [0.05, 0.1) is 35.2 Å². The average molecular weight is 589 g/mol. The van der Waals surface area contributed by atoms with Crippen molar-refractivity contribution in [1.29, 1.82) is 0 Å². The van der Waals surface area contributed by atoms with Crippen LogP contribution in [0.25, 0.3) is 27.7 Å². The largest absolute Gasteiger partial charge is 0.364 e. The number of hydrogen-bond acceptors (Lipinski definition) is 8. The number of rotatable bonds is 7. The summed E-state index contributed by atoms with van der Waals surface area (Å²) in [5.74, 6) is -1.92. The zero-order chi connectivity index (χ0) is 29.4. The van der Waals surface area contributed by atoms with Crippen LogP contribution < -0.4 is 11.1 Å². The molecule has 1 aliphatic heterocycles. The molecule has 42 heavy (non-hydrogen) atoms. The van der Waals surface area contributed by atoms with E-state index in [1.165, 1.54) is 26.9 Å². The Balaban J connectivity index is 1.26. The Morgan fingerprint density at radius 1 is 1.12 bits per heavy atom. The van der Waals surface area contributed by atoms with Gasteiger partial charge in [0.1, 0.15) is 37.1 Å². The van der Waals surface area contributed by atoms with Gasteiger partial charge >= 0.3 is 0 Å². The smallest absolute Gasteiger partial charge is 0.269 e. The maximum Gasteiger partial charge on any atom is 0.269 e. The molecule has 2 aromatic carbocycles. The third kappa shape index (κ3) is 5.03. The number of fused-ring (bicyclic) bond motifs is 1. The van der Waals surface area contributed by atoms with E-state index < -0.39 is 29.9 Å². The van der Waals surface area contributed by atoms with Crippen molar-refractivity contribution in [1.82, 2.24) is 39.6 Å². The molecule has 0 bridgehead atoms. The molecule has 1 aliphatic rings. The topological polar surface area (TPSA) is 167 Å². The van der Waals surface area contributed by atoms with Crippen LogP contribution in [0.4, 0.5) is 10.1 Å². The normalized spacial score (nSPS) is 16.6. The highest BCUT2D eigenvalue weighted by Gasteiger charge is 2.40. The van der Waals surface area contributed by atoms with E-state index in [-0.39, 0.29) is 25.2 Å². The van der Waals surface area contributed by atoms with E-state index in [2.05, 4.69) is 30.7 Å². The standard InChI is InChI=1S/C27H22ClFN10O3/c28-19-2-1-3-20(25(19)39-14-31-13-34-39)35-27(42)22-9-17(29)11-37(22)23(40)12-38-21-5-4-15(16-6-7-32-33-10-16)8-18(21)24(36-38)26(30)41/h1-8,10,13-14,17,22H,9,11-12H2,(H2,30,41)(H,35,42)/t17-,22+/m1/s1. The predicted molar refractivity (Wildman–Crippen MR) is 149 cm³/mol. The molecule has 2 atom stereocenters. The summed E-state index contributed by atoms with van der Waals surface area (Å²) in [5, 5.41) is 19.5. The van der Waals surface area contributed by atoms with Gasteiger partial charge < -0.3 is 16.0 Å². The molecule has 0 radical (unpaired) electrons. The monoisotopic (exact) mass is 588 g/mol. The summed E-state index contributed by atoms with van der Waals surface area (Å²) in [6.45, 7) is -0.624. The molecule has 5 aromatic rings. The molecule has 1 fully saturated rings. The second-order valence-corrected chi connectivity index (χ2v) is 10.0. The summed E-state index contributed by atoms with van der Waals surface area (Å²) in [6, 6.07) is 10.8. The van der Waals surface area contributed by atoms with Crippen molar-refractivity contribution >= 4 is 45.9 Å². The van der Waals surface area contributed by atoms with Gasteiger partial charge in [-0.2, -0.15) is 20.4 Å². The fraction of sp³-hybridized carbons (Fsp3) is 0.185. The van der Waals surface area contributed by atoms with Crippen LogP contribution in [0.1, 0.15) is 16.9 Å². The number of nitrogens with one attached hydrogen (secondary N) is 1. The first-order valence-electron chi connectivity index (χ1n) is 12.8. The van der Waals surface area contributed by atoms with E-state index in [4.69, 9.17) is 17.3 Å². The lowest BCUT2D eigenvalue weighted by Crippen LogP contribution is -2.44. The summed E-state index contributed by atoms with van der Waals surface area (Å²) >= 11 is 6.36. The molecule has 3 amide bonds. The number of carbonyl (C=O) groups is 3. The second kappa shape index (κ2) is 11.0. The van der Waals surface area contributed by atoms with Gasteiger partial charge in [-0.15, -0.1) is 0 Å². The molecule has 212 valence electrons. The number of anilines is 1. The van der Waals surface area contributed by atoms with Crippen molar-refractivity contribution in [3.05, 3.63) is 78.2 Å². The molecule has 15 heteroatoms. The second-order valence-electron chi connectivity index (χ2n) is 9.59. The number of nitrogens with zero attached hydrogens (tertiary/aromatic N) is 8. The lowest BCUT2D eigenvalue weighted by atomic mass is 10.0. The SMILES string of the molecule is NC(=O)c1nn(CC(=O)N2C[C@H](F)C[C@H]2C(=O)Nc2cccc(Cl)c2-n2cncn2)c2ccc(-c3ccnnc3)cc12. The molecular weight excluding hydrogens is 567 g/mol. The number of aromatic nitrogens is 7. The van der Waals surface area contributed by atoms with Gasteiger partial charge in [-0.3, -0.25) is 19.1 Å². The molecule has 4 heterocycles. The molecule has 1 saturated heterocycles. The van der Waals surface area contributed by atoms with E-state index in [0.29, 0.717) is 27.3 Å². The molecule has 3 N–H and O–H groups in total. The van der Waals surface area contributed by atoms with Crippen molar-refractivity contribution in [2.45, 2.75) is 25.2 Å². The Kier molecular flexibility index (Phi) is 7.04. The van der Waals surface area contributed by atoms with Crippen LogP contribution in [0, 0.1) is 0 Å². The van der Waals surface area contributed by atoms with Crippen molar-refractivity contribution in [3.8, 4) is 16.8 Å². The zero-order valence-corrected chi connectivity index (χ0v) is 22.5. The molecule has 0 unspecified atom stereocenters. The van der Waals surface area contributed by atoms with Crippen LogP contribution in [0.2, 0.25) is 5.02 Å². The number of primary amides is 1. The van der Waals surface area contributed by atoms with Gasteiger partial charge in [-0.25, -0.2) is 14.1 Å². The van der Waals surface area contributed by atoms with E-state index in [0.717, 1.165) is 11.1 Å². The average Bonchev–Trinajstić information content (AvgIpc) is 3.73. The quantitative estimate of drug-likeness (QED) is 0.292. The molecular formula is C27H22ClFN10O3. The molecule has 0 saturated carbocycles. The summed E-state index contributed by atoms with van der Waals surface area (Å²) in [4.78, 5) is 44.2. The predicted octanol–water partition coefficient (Wildman–Crippen LogP) is 2.40. The maximum absolute atomic E-state index is 14.6. The zero-order valence-electron chi connectivity index (χ0n) is 21.8. The lowest BCUT2D eigenvalue weighted by molar-refractivity contribution is -0.137. The Morgan fingerprint density at radius 3 is 2.71 bits per heavy atom. The van der Waals surface area contributed by atoms with Gasteiger partial charge in [-0.05, 0) is 35.9 Å². The van der Waals surface area contributed by atoms with Crippen molar-refractivity contribution in [2.24, 2.45) is 5.73 Å². The van der Waals surface area contributed by atoms with Crippen LogP contribution in [0.3, 0.4) is 0 Å². The highest BCUT2D eigenvalue weighted by molar-refractivity contribution is 6.33. The lowest BCUT2D eigenvalue weighted by Gasteiger charge is -2.24. The number of para-hydroxylation sites is 1. The first-order chi connectivity index (χ1) is 20.3. The maximum atomic E-state index is 14.6. The Morgan fingerprint density at radius 2 is 1.98 bits per heavy atom. The van der Waals surface area contributed by atoms with Gasteiger partial charge in [0.15, 0.2) is 5.69 Å². The first kappa shape index (κ1) is 27.0. The third-order valence-corrected chi connectivity index (χ3v) is 7.26. The minimum atomic E-state index is -1.41. The van der Waals surface area contributed by atoms with Crippen molar-refractivity contribution < 1.29 is 18.8 Å². The van der Waals surface area contributed by atoms with E-state index in [9.17, 15) is 18.8 Å². The number of hydrogen-bond donors (Lipinski definition) is 2. The van der Waals surface area contributed by atoms with Crippen LogP contribution >= 0.6 is 11.6 Å². The van der Waals surface area contributed by atoms with Gasteiger partial charge in [-0.1, -0.05) is 23.7 Å². The minimum absolute atomic E-state index is 0.0256. The van der Waals surface area contributed by atoms with Gasteiger partial charge in [0.25, 0.3) is 5.91 Å². The molecule has 3 aromatic heterocycles. The van der Waals surface area contributed by atoms with Gasteiger partial charge in [0, 0.05) is 17.4 Å². The fourth-order valence-electron chi connectivity index (χ4n) is 5.04. The fourth-order valence-corrected chi connectivity index (χ4v) is 5.30. The third-order valence-electron chi connectivity index (χ3n) is 6.95. The summed E-state index contributed by atoms with van der Waals surface area (Å²) in [7, 11) is 0. The number of amides is 3. The number of carbonyl (C=O) groups excluding carboxylic acids is 3. The van der Waals surface area contributed by atoms with Crippen LogP contribution in [-0.4, -0.2) is 76.1 Å². The summed E-state index contributed by atoms with van der Waals surface area (Å²) in [6.07, 6.45) is 4.26. The number of halogens is 2. The Hall–Kier alpha value is -5.24. The van der Waals surface area contributed by atoms with Crippen molar-refractivity contribution in [3.63, 3.8) is 0 Å². The minimum Gasteiger partial charge on any atom is -0.364 e. The van der Waals surface area contributed by atoms with E-state index >= 15 is 0 Å². The van der Waals surface area contributed by atoms with Crippen LogP contribution in [-0.2, 0) is 16.1 Å². The van der Waals surface area contributed by atoms with Crippen LogP contribution in [0.5, 0.6) is 0 Å². The van der Waals surface area contributed by atoms with Crippen LogP contribution in [0.15, 0.2) is 67.5 Å². The number of likely N-dealkylation sites (tertiary alicyclic amines) is 1. The number of nitrogens with two attached hydrogens (primary N) is 1. The van der Waals surface area contributed by atoms with E-state index in [1.807, 2.05) is 0 Å². The molecule has 0 aliphatic carbocycles. The Labute approximate surface area is 242 Å². The molecule has 6 rings (SSSR count).